The van der Waals surface area contributed by atoms with E-state index in [1.165, 1.54) is 6.07 Å². The molecule has 1 aliphatic heterocycles. The molecule has 0 aromatic carbocycles. The molecule has 8 heteroatoms. The molecule has 8 nitrogen and oxygen atoms in total. The maximum atomic E-state index is 12.6. The third kappa shape index (κ3) is 4.98. The number of nitrogens with zero attached hydrogens (tertiary/aromatic N) is 5. The highest BCUT2D eigenvalue weighted by Crippen LogP contribution is 2.24. The number of anilines is 1. The summed E-state index contributed by atoms with van der Waals surface area (Å²) in [5.41, 5.74) is 0.806. The van der Waals surface area contributed by atoms with Crippen molar-refractivity contribution in [2.45, 2.75) is 52.2 Å². The summed E-state index contributed by atoms with van der Waals surface area (Å²) >= 11 is 0. The highest BCUT2D eigenvalue weighted by molar-refractivity contribution is 5.69. The fraction of sp³-hybridized carbons (Fsp3) is 0.545. The van der Waals surface area contributed by atoms with Gasteiger partial charge in [0.15, 0.2) is 0 Å². The first-order valence-corrected chi connectivity index (χ1v) is 10.4. The second-order valence-corrected chi connectivity index (χ2v) is 8.58. The van der Waals surface area contributed by atoms with Crippen LogP contribution < -0.4 is 10.5 Å². The zero-order chi connectivity index (χ0) is 21.9. The lowest BCUT2D eigenvalue weighted by Gasteiger charge is -2.32. The van der Waals surface area contributed by atoms with Gasteiger partial charge >= 0.3 is 6.09 Å². The monoisotopic (exact) mass is 413 g/mol. The van der Waals surface area contributed by atoms with Crippen LogP contribution in [0.3, 0.4) is 0 Å². The van der Waals surface area contributed by atoms with Gasteiger partial charge in [0.05, 0.1) is 11.7 Å². The van der Waals surface area contributed by atoms with Crippen molar-refractivity contribution < 1.29 is 9.53 Å². The number of amides is 1. The summed E-state index contributed by atoms with van der Waals surface area (Å²) in [5, 5.41) is 0. The van der Waals surface area contributed by atoms with Crippen LogP contribution in [0.15, 0.2) is 35.4 Å². The molecule has 30 heavy (non-hydrogen) atoms. The molecular weight excluding hydrogens is 382 g/mol. The van der Waals surface area contributed by atoms with Crippen molar-refractivity contribution in [3.8, 4) is 11.3 Å². The molecule has 3 rings (SSSR count). The van der Waals surface area contributed by atoms with Gasteiger partial charge in [0, 0.05) is 50.7 Å². The van der Waals surface area contributed by atoms with Gasteiger partial charge in [0.25, 0.3) is 5.56 Å². The Bertz CT molecular complexity index is 936. The van der Waals surface area contributed by atoms with Gasteiger partial charge in [-0.1, -0.05) is 0 Å². The van der Waals surface area contributed by atoms with E-state index in [4.69, 9.17) is 9.72 Å². The van der Waals surface area contributed by atoms with E-state index in [0.717, 1.165) is 18.4 Å². The summed E-state index contributed by atoms with van der Waals surface area (Å²) in [7, 11) is 1.73. The molecule has 0 bridgehead atoms. The zero-order valence-corrected chi connectivity index (χ0v) is 18.5. The van der Waals surface area contributed by atoms with Crippen LogP contribution in [0.4, 0.5) is 10.7 Å². The van der Waals surface area contributed by atoms with Crippen LogP contribution in [0.25, 0.3) is 11.3 Å². The Balaban J connectivity index is 1.86. The SMILES string of the molecule is CCN(C[C@@H]1CCCN1C(=O)OC(C)(C)C)c1nc(-c2ccncc2)cc(=O)n1C. The van der Waals surface area contributed by atoms with Crippen molar-refractivity contribution in [3.05, 3.63) is 40.9 Å². The molecule has 1 saturated heterocycles. The summed E-state index contributed by atoms with van der Waals surface area (Å²) in [4.78, 5) is 37.9. The topological polar surface area (TPSA) is 80.6 Å². The average Bonchev–Trinajstić information content (AvgIpc) is 3.16. The van der Waals surface area contributed by atoms with Gasteiger partial charge < -0.3 is 14.5 Å². The number of ether oxygens (including phenoxy) is 1. The molecule has 1 atom stereocenters. The Morgan fingerprint density at radius 1 is 1.30 bits per heavy atom. The summed E-state index contributed by atoms with van der Waals surface area (Å²) in [5.74, 6) is 0.591. The maximum Gasteiger partial charge on any atom is 0.410 e. The number of hydrogen-bond acceptors (Lipinski definition) is 6. The van der Waals surface area contributed by atoms with E-state index in [-0.39, 0.29) is 17.7 Å². The molecule has 1 aliphatic rings. The van der Waals surface area contributed by atoms with Crippen LogP contribution in [0.5, 0.6) is 0 Å². The summed E-state index contributed by atoms with van der Waals surface area (Å²) in [6.45, 7) is 9.59. The van der Waals surface area contributed by atoms with E-state index in [1.807, 2.05) is 39.8 Å². The minimum Gasteiger partial charge on any atom is -0.444 e. The molecule has 0 aliphatic carbocycles. The van der Waals surface area contributed by atoms with Crippen LogP contribution >= 0.6 is 0 Å². The Kier molecular flexibility index (Phi) is 6.43. The zero-order valence-electron chi connectivity index (χ0n) is 18.5. The smallest absolute Gasteiger partial charge is 0.410 e. The highest BCUT2D eigenvalue weighted by Gasteiger charge is 2.33. The van der Waals surface area contributed by atoms with Crippen molar-refractivity contribution in [2.24, 2.45) is 7.05 Å². The third-order valence-corrected chi connectivity index (χ3v) is 5.19. The average molecular weight is 414 g/mol. The third-order valence-electron chi connectivity index (χ3n) is 5.19. The van der Waals surface area contributed by atoms with Crippen molar-refractivity contribution in [3.63, 3.8) is 0 Å². The summed E-state index contributed by atoms with van der Waals surface area (Å²) in [6.07, 6.45) is 4.92. The second-order valence-electron chi connectivity index (χ2n) is 8.58. The molecule has 0 saturated carbocycles. The number of likely N-dealkylation sites (N-methyl/N-ethyl adjacent to an activating group) is 1. The van der Waals surface area contributed by atoms with Crippen molar-refractivity contribution in [2.75, 3.05) is 24.5 Å². The van der Waals surface area contributed by atoms with Gasteiger partial charge in [0.2, 0.25) is 5.95 Å². The minimum atomic E-state index is -0.529. The van der Waals surface area contributed by atoms with E-state index < -0.39 is 5.60 Å². The minimum absolute atomic E-state index is 0.0151. The van der Waals surface area contributed by atoms with Gasteiger partial charge in [-0.25, -0.2) is 9.78 Å². The normalized spacial score (nSPS) is 16.6. The number of rotatable bonds is 5. The van der Waals surface area contributed by atoms with Crippen LogP contribution in [-0.4, -0.2) is 56.8 Å². The Hall–Kier alpha value is -2.90. The van der Waals surface area contributed by atoms with E-state index in [2.05, 4.69) is 9.88 Å². The molecule has 2 aromatic heterocycles. The Morgan fingerprint density at radius 2 is 2.00 bits per heavy atom. The maximum absolute atomic E-state index is 12.6. The van der Waals surface area contributed by atoms with Crippen LogP contribution in [0.1, 0.15) is 40.5 Å². The second kappa shape index (κ2) is 8.85. The summed E-state index contributed by atoms with van der Waals surface area (Å²) < 4.78 is 7.14. The molecule has 0 unspecified atom stereocenters. The van der Waals surface area contributed by atoms with Gasteiger partial charge in [-0.3, -0.25) is 14.3 Å². The molecule has 2 aromatic rings. The summed E-state index contributed by atoms with van der Waals surface area (Å²) in [6, 6.07) is 5.22. The molecule has 0 radical (unpaired) electrons. The Morgan fingerprint density at radius 3 is 2.63 bits per heavy atom. The molecular formula is C22H31N5O3. The Labute approximate surface area is 177 Å². The fourth-order valence-electron chi connectivity index (χ4n) is 3.67. The van der Waals surface area contributed by atoms with Crippen LogP contribution in [-0.2, 0) is 11.8 Å². The van der Waals surface area contributed by atoms with Gasteiger partial charge in [0.1, 0.15) is 5.60 Å². The van der Waals surface area contributed by atoms with Crippen molar-refractivity contribution >= 4 is 12.0 Å². The first-order chi connectivity index (χ1) is 14.2. The fourth-order valence-corrected chi connectivity index (χ4v) is 3.67. The lowest BCUT2D eigenvalue weighted by Crippen LogP contribution is -2.46. The van der Waals surface area contributed by atoms with Crippen molar-refractivity contribution in [1.82, 2.24) is 19.4 Å². The standard InChI is InChI=1S/C22H31N5O3/c1-6-26(15-17-8-7-13-27(17)21(29)30-22(2,3)4)20-24-18(14-19(28)25(20)5)16-9-11-23-12-10-16/h9-12,14,17H,6-8,13,15H2,1-5H3/t17-/m0/s1. The molecule has 1 fully saturated rings. The van der Waals surface area contributed by atoms with E-state index in [0.29, 0.717) is 31.3 Å². The molecule has 1 amide bonds. The molecule has 3 heterocycles. The van der Waals surface area contributed by atoms with E-state index in [1.54, 1.807) is 28.9 Å². The van der Waals surface area contributed by atoms with Gasteiger partial charge in [-0.2, -0.15) is 0 Å². The number of carbonyl (C=O) groups is 1. The lowest BCUT2D eigenvalue weighted by atomic mass is 10.2. The lowest BCUT2D eigenvalue weighted by molar-refractivity contribution is 0.0231. The molecule has 0 N–H and O–H groups in total. The van der Waals surface area contributed by atoms with Crippen LogP contribution in [0.2, 0.25) is 0 Å². The number of carbonyl (C=O) groups excluding carboxylic acids is 1. The van der Waals surface area contributed by atoms with Crippen LogP contribution in [0, 0.1) is 0 Å². The van der Waals surface area contributed by atoms with E-state index in [9.17, 15) is 9.59 Å². The quantitative estimate of drug-likeness (QED) is 0.749. The number of pyridine rings is 1. The number of likely N-dealkylation sites (tertiary alicyclic amines) is 1. The number of hydrogen-bond donors (Lipinski definition) is 0. The molecule has 0 spiro atoms. The van der Waals surface area contributed by atoms with Gasteiger partial charge in [-0.15, -0.1) is 0 Å². The van der Waals surface area contributed by atoms with E-state index >= 15 is 0 Å². The highest BCUT2D eigenvalue weighted by atomic mass is 16.6. The van der Waals surface area contributed by atoms with Gasteiger partial charge in [-0.05, 0) is 52.7 Å². The van der Waals surface area contributed by atoms with Crippen molar-refractivity contribution in [1.29, 1.82) is 0 Å². The molecule has 162 valence electrons. The number of aromatic nitrogens is 3. The first kappa shape index (κ1) is 21.8. The predicted octanol–water partition coefficient (Wildman–Crippen LogP) is 3.07. The first-order valence-electron chi connectivity index (χ1n) is 10.4. The largest absolute Gasteiger partial charge is 0.444 e. The predicted molar refractivity (Wildman–Crippen MR) is 117 cm³/mol.